The molecule has 3 aromatic rings. The van der Waals surface area contributed by atoms with Crippen LogP contribution < -0.4 is 4.74 Å². The third-order valence-electron chi connectivity index (χ3n) is 4.87. The van der Waals surface area contributed by atoms with E-state index in [2.05, 4.69) is 10.2 Å². The summed E-state index contributed by atoms with van der Waals surface area (Å²) in [5, 5.41) is 35.4. The van der Waals surface area contributed by atoms with Crippen molar-refractivity contribution in [1.29, 1.82) is 0 Å². The predicted octanol–water partition coefficient (Wildman–Crippen LogP) is 2.77. The highest BCUT2D eigenvalue weighted by Crippen LogP contribution is 2.26. The van der Waals surface area contributed by atoms with E-state index in [0.29, 0.717) is 39.4 Å². The third-order valence-corrected chi connectivity index (χ3v) is 4.87. The highest BCUT2D eigenvalue weighted by molar-refractivity contribution is 6.07. The van der Waals surface area contributed by atoms with Crippen LogP contribution in [0.25, 0.3) is 17.3 Å². The smallest absolute Gasteiger partial charge is 0.185 e. The maximum absolute atomic E-state index is 12.6. The molecule has 0 unspecified atom stereocenters. The number of rotatable bonds is 8. The molecule has 2 aromatic carbocycles. The zero-order chi connectivity index (χ0) is 21.7. The molecule has 0 spiro atoms. The number of aromatic nitrogens is 2. The number of nitrogens with one attached hydrogen (secondary N) is 1. The fraction of sp³-hybridized carbons (Fsp3) is 0.217. The molecule has 7 nitrogen and oxygen atoms in total. The van der Waals surface area contributed by atoms with Gasteiger partial charge in [0.2, 0.25) is 0 Å². The Balaban J connectivity index is 1.81. The van der Waals surface area contributed by atoms with Crippen LogP contribution in [0.4, 0.5) is 0 Å². The van der Waals surface area contributed by atoms with Crippen LogP contribution in [0.15, 0.2) is 42.5 Å². The molecule has 0 saturated heterocycles. The van der Waals surface area contributed by atoms with E-state index < -0.39 is 0 Å². The number of carbonyl (C=O) groups excluding carboxylic acids is 1. The second kappa shape index (κ2) is 9.49. The lowest BCUT2D eigenvalue weighted by Gasteiger charge is -2.11. The van der Waals surface area contributed by atoms with Gasteiger partial charge in [-0.05, 0) is 60.0 Å². The van der Waals surface area contributed by atoms with Crippen molar-refractivity contribution < 1.29 is 24.9 Å². The fourth-order valence-corrected chi connectivity index (χ4v) is 3.32. The lowest BCUT2D eigenvalue weighted by molar-refractivity contribution is 0.104. The highest BCUT2D eigenvalue weighted by atomic mass is 16.5. The summed E-state index contributed by atoms with van der Waals surface area (Å²) in [7, 11) is 1.53. The maximum Gasteiger partial charge on any atom is 0.185 e. The summed E-state index contributed by atoms with van der Waals surface area (Å²) in [5.74, 6) is 0.368. The number of carbonyl (C=O) groups is 1. The van der Waals surface area contributed by atoms with Gasteiger partial charge in [-0.3, -0.25) is 9.89 Å². The van der Waals surface area contributed by atoms with Crippen LogP contribution >= 0.6 is 0 Å². The molecule has 0 bridgehead atoms. The number of aliphatic hydroxyl groups is 3. The molecular formula is C23H24N2O5. The molecule has 4 N–H and O–H groups in total. The van der Waals surface area contributed by atoms with Crippen LogP contribution in [0.1, 0.15) is 38.3 Å². The van der Waals surface area contributed by atoms with Gasteiger partial charge in [-0.1, -0.05) is 12.1 Å². The van der Waals surface area contributed by atoms with Gasteiger partial charge in [0.25, 0.3) is 0 Å². The second-order valence-electron chi connectivity index (χ2n) is 6.85. The normalized spacial score (nSPS) is 11.2. The van der Waals surface area contributed by atoms with Crippen molar-refractivity contribution in [3.63, 3.8) is 0 Å². The zero-order valence-electron chi connectivity index (χ0n) is 16.8. The van der Waals surface area contributed by atoms with E-state index in [1.165, 1.54) is 13.2 Å². The summed E-state index contributed by atoms with van der Waals surface area (Å²) in [5.41, 5.74) is 5.18. The van der Waals surface area contributed by atoms with Crippen LogP contribution in [0.2, 0.25) is 0 Å². The second-order valence-corrected chi connectivity index (χ2v) is 6.85. The highest BCUT2D eigenvalue weighted by Gasteiger charge is 2.12. The van der Waals surface area contributed by atoms with Crippen LogP contribution in [0.3, 0.4) is 0 Å². The molecule has 1 heterocycles. The standard InChI is InChI=1S/C23H24N2O5/c1-14-7-17(9-19(13-28)23(14)30-2)22(29)6-5-20-10-21(25-24-20)15-3-4-16(11-26)18(8-15)12-27/h3-10,26-28H,11-13H2,1-2H3,(H,24,25)/b6-5+. The van der Waals surface area contributed by atoms with Crippen molar-refractivity contribution in [3.05, 3.63) is 76.0 Å². The number of hydrogen-bond acceptors (Lipinski definition) is 6. The fourth-order valence-electron chi connectivity index (χ4n) is 3.32. The number of H-pyrrole nitrogens is 1. The average molecular weight is 408 g/mol. The molecule has 0 amide bonds. The van der Waals surface area contributed by atoms with Gasteiger partial charge in [0.1, 0.15) is 5.75 Å². The van der Waals surface area contributed by atoms with Crippen LogP contribution in [-0.4, -0.2) is 38.4 Å². The van der Waals surface area contributed by atoms with Gasteiger partial charge in [0.05, 0.1) is 38.3 Å². The summed E-state index contributed by atoms with van der Waals surface area (Å²) in [4.78, 5) is 12.6. The van der Waals surface area contributed by atoms with Gasteiger partial charge in [-0.25, -0.2) is 0 Å². The molecule has 0 radical (unpaired) electrons. The minimum absolute atomic E-state index is 0.143. The molecule has 0 aliphatic heterocycles. The Morgan fingerprint density at radius 3 is 2.43 bits per heavy atom. The van der Waals surface area contributed by atoms with E-state index in [-0.39, 0.29) is 25.6 Å². The molecule has 156 valence electrons. The number of ketones is 1. The number of hydrogen-bond donors (Lipinski definition) is 4. The van der Waals surface area contributed by atoms with E-state index in [1.54, 1.807) is 36.4 Å². The molecule has 3 rings (SSSR count). The summed E-state index contributed by atoms with van der Waals surface area (Å²) in [6.45, 7) is 1.29. The first-order valence-corrected chi connectivity index (χ1v) is 9.40. The maximum atomic E-state index is 12.6. The van der Waals surface area contributed by atoms with Crippen molar-refractivity contribution in [2.24, 2.45) is 0 Å². The Kier molecular flexibility index (Phi) is 6.79. The molecule has 7 heteroatoms. The third kappa shape index (κ3) is 4.49. The van der Waals surface area contributed by atoms with E-state index in [1.807, 2.05) is 13.0 Å². The van der Waals surface area contributed by atoms with Crippen molar-refractivity contribution in [2.75, 3.05) is 7.11 Å². The molecule has 30 heavy (non-hydrogen) atoms. The van der Waals surface area contributed by atoms with Gasteiger partial charge in [0.15, 0.2) is 5.78 Å². The first-order valence-electron chi connectivity index (χ1n) is 9.40. The Morgan fingerprint density at radius 1 is 1.03 bits per heavy atom. The first-order chi connectivity index (χ1) is 14.5. The molecule has 0 aliphatic rings. The van der Waals surface area contributed by atoms with Gasteiger partial charge >= 0.3 is 0 Å². The van der Waals surface area contributed by atoms with E-state index >= 15 is 0 Å². The summed E-state index contributed by atoms with van der Waals surface area (Å²) >= 11 is 0. The number of ether oxygens (including phenoxy) is 1. The molecule has 0 atom stereocenters. The van der Waals surface area contributed by atoms with Crippen molar-refractivity contribution in [1.82, 2.24) is 10.2 Å². The Bertz CT molecular complexity index is 1090. The number of aliphatic hydroxyl groups excluding tert-OH is 3. The Labute approximate surface area is 174 Å². The topological polar surface area (TPSA) is 116 Å². The SMILES string of the molecule is COc1c(C)cc(C(=O)/C=C/c2cc(-c3ccc(CO)c(CO)c3)n[nH]2)cc1CO. The van der Waals surface area contributed by atoms with Crippen molar-refractivity contribution in [2.45, 2.75) is 26.7 Å². The molecule has 1 aromatic heterocycles. The monoisotopic (exact) mass is 408 g/mol. The molecule has 0 saturated carbocycles. The number of nitrogens with zero attached hydrogens (tertiary/aromatic N) is 1. The van der Waals surface area contributed by atoms with Gasteiger partial charge < -0.3 is 20.1 Å². The quantitative estimate of drug-likeness (QED) is 0.336. The molecule has 0 aliphatic carbocycles. The van der Waals surface area contributed by atoms with Crippen LogP contribution in [0, 0.1) is 6.92 Å². The summed E-state index contributed by atoms with van der Waals surface area (Å²) < 4.78 is 5.27. The lowest BCUT2D eigenvalue weighted by atomic mass is 10.0. The van der Waals surface area contributed by atoms with Crippen LogP contribution in [0.5, 0.6) is 5.75 Å². The van der Waals surface area contributed by atoms with Gasteiger partial charge in [0, 0.05) is 16.7 Å². The average Bonchev–Trinajstić information content (AvgIpc) is 3.25. The largest absolute Gasteiger partial charge is 0.496 e. The summed E-state index contributed by atoms with van der Waals surface area (Å²) in [6.07, 6.45) is 3.07. The van der Waals surface area contributed by atoms with E-state index in [4.69, 9.17) is 4.74 Å². The summed E-state index contributed by atoms with van der Waals surface area (Å²) in [6, 6.07) is 10.5. The lowest BCUT2D eigenvalue weighted by Crippen LogP contribution is -2.01. The van der Waals surface area contributed by atoms with Crippen molar-refractivity contribution in [3.8, 4) is 17.0 Å². The first kappa shape index (κ1) is 21.4. The minimum Gasteiger partial charge on any atom is -0.496 e. The van der Waals surface area contributed by atoms with E-state index in [9.17, 15) is 20.1 Å². The number of aromatic amines is 1. The van der Waals surface area contributed by atoms with E-state index in [0.717, 1.165) is 11.1 Å². The minimum atomic E-state index is -0.219. The van der Waals surface area contributed by atoms with Gasteiger partial charge in [-0.15, -0.1) is 0 Å². The zero-order valence-corrected chi connectivity index (χ0v) is 16.8. The van der Waals surface area contributed by atoms with Crippen molar-refractivity contribution >= 4 is 11.9 Å². The molecule has 0 fully saturated rings. The van der Waals surface area contributed by atoms with Gasteiger partial charge in [-0.2, -0.15) is 5.10 Å². The number of aryl methyl sites for hydroxylation is 1. The Morgan fingerprint density at radius 2 is 1.77 bits per heavy atom. The predicted molar refractivity (Wildman–Crippen MR) is 113 cm³/mol. The number of benzene rings is 2. The van der Waals surface area contributed by atoms with Crippen LogP contribution in [-0.2, 0) is 19.8 Å². The Hall–Kier alpha value is -3.26. The number of allylic oxidation sites excluding steroid dienone is 1. The molecular weight excluding hydrogens is 384 g/mol. The number of methoxy groups -OCH3 is 1.